The fourth-order valence-corrected chi connectivity index (χ4v) is 2.20. The molecular weight excluding hydrogens is 272 g/mol. The van der Waals surface area contributed by atoms with Crippen LogP contribution in [0.5, 0.6) is 0 Å². The molecule has 21 heavy (non-hydrogen) atoms. The number of aromatic nitrogens is 2. The highest BCUT2D eigenvalue weighted by atomic mass is 16.3. The summed E-state index contributed by atoms with van der Waals surface area (Å²) in [7, 11) is 0. The van der Waals surface area contributed by atoms with Crippen molar-refractivity contribution < 1.29 is 5.11 Å². The van der Waals surface area contributed by atoms with E-state index in [-0.39, 0.29) is 29.6 Å². The first kappa shape index (κ1) is 17.3. The summed E-state index contributed by atoms with van der Waals surface area (Å²) in [5, 5.41) is 12.3. The SMILES string of the molecule is CCCn1c(N)c(NC(CCO)C(C)(C)C)c(=O)[nH]c1=O. The van der Waals surface area contributed by atoms with Crippen LogP contribution in [-0.4, -0.2) is 27.3 Å². The Labute approximate surface area is 124 Å². The molecule has 0 amide bonds. The van der Waals surface area contributed by atoms with Crippen molar-refractivity contribution >= 4 is 11.5 Å². The maximum atomic E-state index is 12.0. The summed E-state index contributed by atoms with van der Waals surface area (Å²) in [6.45, 7) is 8.39. The van der Waals surface area contributed by atoms with Gasteiger partial charge < -0.3 is 16.2 Å². The van der Waals surface area contributed by atoms with Gasteiger partial charge in [0.2, 0.25) is 0 Å². The fourth-order valence-electron chi connectivity index (χ4n) is 2.20. The van der Waals surface area contributed by atoms with E-state index in [1.54, 1.807) is 0 Å². The van der Waals surface area contributed by atoms with Crippen molar-refractivity contribution in [3.05, 3.63) is 20.8 Å². The highest BCUT2D eigenvalue weighted by Gasteiger charge is 2.26. The van der Waals surface area contributed by atoms with Gasteiger partial charge in [0.25, 0.3) is 5.56 Å². The van der Waals surface area contributed by atoms with E-state index < -0.39 is 11.2 Å². The third kappa shape index (κ3) is 4.10. The number of hydrogen-bond acceptors (Lipinski definition) is 5. The van der Waals surface area contributed by atoms with E-state index >= 15 is 0 Å². The van der Waals surface area contributed by atoms with Crippen LogP contribution in [0.25, 0.3) is 0 Å². The standard InChI is InChI=1S/C14H26N4O3/c1-5-7-18-11(15)10(12(20)17-13(18)21)16-9(6-8-19)14(2,3)4/h9,16,19H,5-8,15H2,1-4H3,(H,17,20,21). The second-order valence-corrected chi connectivity index (χ2v) is 6.25. The van der Waals surface area contributed by atoms with E-state index in [1.807, 2.05) is 27.7 Å². The number of aromatic amines is 1. The first-order chi connectivity index (χ1) is 9.72. The van der Waals surface area contributed by atoms with Gasteiger partial charge in [-0.25, -0.2) is 4.79 Å². The molecule has 0 bridgehead atoms. The van der Waals surface area contributed by atoms with Crippen LogP contribution in [0.4, 0.5) is 11.5 Å². The predicted molar refractivity (Wildman–Crippen MR) is 84.6 cm³/mol. The molecule has 0 spiro atoms. The number of rotatable bonds is 6. The minimum absolute atomic E-state index is 0.00133. The van der Waals surface area contributed by atoms with Crippen molar-refractivity contribution in [2.75, 3.05) is 17.7 Å². The Morgan fingerprint density at radius 3 is 2.48 bits per heavy atom. The molecule has 120 valence electrons. The topological polar surface area (TPSA) is 113 Å². The van der Waals surface area contributed by atoms with Gasteiger partial charge in [-0.2, -0.15) is 0 Å². The third-order valence-corrected chi connectivity index (χ3v) is 3.47. The predicted octanol–water partition coefficient (Wildman–Crippen LogP) is 0.738. The van der Waals surface area contributed by atoms with Crippen LogP contribution in [0.3, 0.4) is 0 Å². The zero-order chi connectivity index (χ0) is 16.2. The number of hydrogen-bond donors (Lipinski definition) is 4. The number of nitrogen functional groups attached to an aromatic ring is 1. The quantitative estimate of drug-likeness (QED) is 0.618. The number of aliphatic hydroxyl groups is 1. The lowest BCUT2D eigenvalue weighted by atomic mass is 9.85. The highest BCUT2D eigenvalue weighted by molar-refractivity contribution is 5.61. The Kier molecular flexibility index (Phi) is 5.60. The van der Waals surface area contributed by atoms with Crippen LogP contribution in [0.2, 0.25) is 0 Å². The van der Waals surface area contributed by atoms with Crippen LogP contribution >= 0.6 is 0 Å². The van der Waals surface area contributed by atoms with E-state index in [0.717, 1.165) is 6.42 Å². The summed E-state index contributed by atoms with van der Waals surface area (Å²) in [4.78, 5) is 26.1. The normalized spacial score (nSPS) is 13.2. The molecule has 7 heteroatoms. The maximum absolute atomic E-state index is 12.0. The number of aliphatic hydroxyl groups excluding tert-OH is 1. The number of nitrogens with one attached hydrogen (secondary N) is 2. The summed E-state index contributed by atoms with van der Waals surface area (Å²) >= 11 is 0. The molecule has 0 saturated carbocycles. The molecule has 0 fully saturated rings. The zero-order valence-corrected chi connectivity index (χ0v) is 13.2. The molecule has 0 aliphatic heterocycles. The monoisotopic (exact) mass is 298 g/mol. The Hall–Kier alpha value is -1.76. The molecule has 1 aromatic rings. The second-order valence-electron chi connectivity index (χ2n) is 6.25. The van der Waals surface area contributed by atoms with Gasteiger partial charge in [0.05, 0.1) is 0 Å². The molecule has 1 unspecified atom stereocenters. The smallest absolute Gasteiger partial charge is 0.330 e. The molecule has 0 aliphatic carbocycles. The van der Waals surface area contributed by atoms with Gasteiger partial charge in [-0.3, -0.25) is 14.3 Å². The molecule has 0 aliphatic rings. The van der Waals surface area contributed by atoms with Crippen molar-refractivity contribution in [1.82, 2.24) is 9.55 Å². The van der Waals surface area contributed by atoms with E-state index in [9.17, 15) is 14.7 Å². The average Bonchev–Trinajstić information content (AvgIpc) is 2.36. The van der Waals surface area contributed by atoms with E-state index in [4.69, 9.17) is 5.73 Å². The number of nitrogens with two attached hydrogens (primary N) is 1. The summed E-state index contributed by atoms with van der Waals surface area (Å²) in [5.41, 5.74) is 4.96. The first-order valence-corrected chi connectivity index (χ1v) is 7.22. The van der Waals surface area contributed by atoms with Gasteiger partial charge in [-0.05, 0) is 18.3 Å². The van der Waals surface area contributed by atoms with Crippen molar-refractivity contribution in [1.29, 1.82) is 0 Å². The van der Waals surface area contributed by atoms with Crippen molar-refractivity contribution in [2.45, 2.75) is 53.1 Å². The largest absolute Gasteiger partial charge is 0.396 e. The molecule has 0 aromatic carbocycles. The van der Waals surface area contributed by atoms with Crippen LogP contribution in [0, 0.1) is 5.41 Å². The first-order valence-electron chi connectivity index (χ1n) is 7.22. The number of nitrogens with zero attached hydrogens (tertiary/aromatic N) is 1. The molecule has 1 rings (SSSR count). The summed E-state index contributed by atoms with van der Waals surface area (Å²) in [6, 6.07) is -0.140. The number of H-pyrrole nitrogens is 1. The number of anilines is 2. The Morgan fingerprint density at radius 2 is 2.00 bits per heavy atom. The fraction of sp³-hybridized carbons (Fsp3) is 0.714. The van der Waals surface area contributed by atoms with Crippen LogP contribution in [0.15, 0.2) is 9.59 Å². The lowest BCUT2D eigenvalue weighted by Crippen LogP contribution is -2.40. The van der Waals surface area contributed by atoms with E-state index in [2.05, 4.69) is 10.3 Å². The molecule has 5 N–H and O–H groups in total. The van der Waals surface area contributed by atoms with Gasteiger partial charge in [-0.15, -0.1) is 0 Å². The zero-order valence-electron chi connectivity index (χ0n) is 13.2. The molecule has 0 radical (unpaired) electrons. The van der Waals surface area contributed by atoms with Gasteiger partial charge in [0, 0.05) is 19.2 Å². The minimum atomic E-state index is -0.531. The maximum Gasteiger partial charge on any atom is 0.330 e. The summed E-state index contributed by atoms with van der Waals surface area (Å²) < 4.78 is 1.35. The molecule has 0 saturated heterocycles. The van der Waals surface area contributed by atoms with Gasteiger partial charge in [0.15, 0.2) is 0 Å². The van der Waals surface area contributed by atoms with Crippen LogP contribution in [-0.2, 0) is 6.54 Å². The highest BCUT2D eigenvalue weighted by Crippen LogP contribution is 2.25. The second kappa shape index (κ2) is 6.80. The Balaban J connectivity index is 3.27. The van der Waals surface area contributed by atoms with Crippen molar-refractivity contribution in [2.24, 2.45) is 5.41 Å². The van der Waals surface area contributed by atoms with Crippen molar-refractivity contribution in [3.8, 4) is 0 Å². The third-order valence-electron chi connectivity index (χ3n) is 3.47. The lowest BCUT2D eigenvalue weighted by Gasteiger charge is -2.32. The molecule has 1 heterocycles. The Morgan fingerprint density at radius 1 is 1.38 bits per heavy atom. The van der Waals surface area contributed by atoms with Crippen LogP contribution in [0.1, 0.15) is 40.5 Å². The minimum Gasteiger partial charge on any atom is -0.396 e. The van der Waals surface area contributed by atoms with E-state index in [0.29, 0.717) is 13.0 Å². The molecule has 7 nitrogen and oxygen atoms in total. The lowest BCUT2D eigenvalue weighted by molar-refractivity contribution is 0.235. The van der Waals surface area contributed by atoms with Gasteiger partial charge in [-0.1, -0.05) is 27.7 Å². The molecular formula is C14H26N4O3. The van der Waals surface area contributed by atoms with Gasteiger partial charge in [0.1, 0.15) is 11.5 Å². The van der Waals surface area contributed by atoms with Crippen molar-refractivity contribution in [3.63, 3.8) is 0 Å². The van der Waals surface area contributed by atoms with E-state index in [1.165, 1.54) is 4.57 Å². The summed E-state index contributed by atoms with van der Waals surface area (Å²) in [6.07, 6.45) is 1.21. The van der Waals surface area contributed by atoms with Crippen LogP contribution < -0.4 is 22.3 Å². The average molecular weight is 298 g/mol. The van der Waals surface area contributed by atoms with Gasteiger partial charge >= 0.3 is 5.69 Å². The molecule has 1 aromatic heterocycles. The molecule has 1 atom stereocenters. The summed E-state index contributed by atoms with van der Waals surface area (Å²) in [5.74, 6) is 0.137. The Bertz CT molecular complexity index is 583.